The van der Waals surface area contributed by atoms with Crippen LogP contribution in [0.3, 0.4) is 0 Å². The van der Waals surface area contributed by atoms with Gasteiger partial charge in [-0.3, -0.25) is 9.78 Å². The van der Waals surface area contributed by atoms with E-state index in [1.807, 2.05) is 42.0 Å². The first kappa shape index (κ1) is 18.3. The zero-order chi connectivity index (χ0) is 19.6. The minimum atomic E-state index is -0.00578. The molecule has 0 radical (unpaired) electrons. The number of amides is 1. The Morgan fingerprint density at radius 3 is 2.76 bits per heavy atom. The number of thiophene rings is 1. The van der Waals surface area contributed by atoms with Crippen molar-refractivity contribution in [2.75, 3.05) is 0 Å². The number of nitrogens with zero attached hydrogens (tertiary/aromatic N) is 3. The molecule has 0 fully saturated rings. The van der Waals surface area contributed by atoms with E-state index in [0.29, 0.717) is 6.54 Å². The highest BCUT2D eigenvalue weighted by atomic mass is 32.1. The van der Waals surface area contributed by atoms with Crippen molar-refractivity contribution in [3.05, 3.63) is 75.4 Å². The minimum absolute atomic E-state index is 0.00578. The Bertz CT molecular complexity index is 1130. The van der Waals surface area contributed by atoms with Gasteiger partial charge in [-0.25, -0.2) is 4.98 Å². The molecule has 5 rings (SSSR count). The van der Waals surface area contributed by atoms with E-state index in [-0.39, 0.29) is 5.91 Å². The van der Waals surface area contributed by atoms with Crippen LogP contribution in [0.25, 0.3) is 16.3 Å². The lowest BCUT2D eigenvalue weighted by Gasteiger charge is -2.13. The molecule has 146 valence electrons. The van der Waals surface area contributed by atoms with Gasteiger partial charge in [0.15, 0.2) is 0 Å². The quantitative estimate of drug-likeness (QED) is 0.501. The summed E-state index contributed by atoms with van der Waals surface area (Å²) in [6.45, 7) is 0.435. The first-order valence-corrected chi connectivity index (χ1v) is 11.4. The smallest absolute Gasteiger partial charge is 0.254 e. The summed E-state index contributed by atoms with van der Waals surface area (Å²) < 4.78 is 2.06. The standard InChI is InChI=1S/C22H20N4OS2/c27-21(24-13-19-25-17(14-28-19)15-7-9-23-10-8-15)20-16-5-1-2-6-18(16)29-22(20)26-11-3-4-12-26/h3-4,7-12,14H,1-2,5-6,13H2,(H,24,27). The zero-order valence-corrected chi connectivity index (χ0v) is 17.4. The van der Waals surface area contributed by atoms with Gasteiger partial charge in [-0.15, -0.1) is 22.7 Å². The van der Waals surface area contributed by atoms with Crippen LogP contribution in [0.2, 0.25) is 0 Å². The predicted molar refractivity (Wildman–Crippen MR) is 117 cm³/mol. The second kappa shape index (κ2) is 7.93. The molecular weight excluding hydrogens is 400 g/mol. The molecule has 29 heavy (non-hydrogen) atoms. The summed E-state index contributed by atoms with van der Waals surface area (Å²) in [6, 6.07) is 7.88. The van der Waals surface area contributed by atoms with Crippen LogP contribution in [-0.2, 0) is 19.4 Å². The second-order valence-electron chi connectivity index (χ2n) is 7.03. The van der Waals surface area contributed by atoms with Crippen molar-refractivity contribution < 1.29 is 4.79 Å². The highest BCUT2D eigenvalue weighted by Gasteiger charge is 2.26. The molecule has 4 aromatic heterocycles. The van der Waals surface area contributed by atoms with Crippen molar-refractivity contribution in [3.63, 3.8) is 0 Å². The summed E-state index contributed by atoms with van der Waals surface area (Å²) in [4.78, 5) is 23.3. The van der Waals surface area contributed by atoms with Gasteiger partial charge < -0.3 is 9.88 Å². The minimum Gasteiger partial charge on any atom is -0.345 e. The normalized spacial score (nSPS) is 13.2. The molecule has 0 saturated carbocycles. The van der Waals surface area contributed by atoms with Crippen molar-refractivity contribution in [3.8, 4) is 16.3 Å². The number of pyridine rings is 1. The van der Waals surface area contributed by atoms with E-state index < -0.39 is 0 Å². The monoisotopic (exact) mass is 420 g/mol. The Hall–Kier alpha value is -2.77. The molecule has 4 aromatic rings. The molecule has 0 aromatic carbocycles. The molecule has 1 N–H and O–H groups in total. The number of rotatable bonds is 5. The molecule has 1 aliphatic carbocycles. The predicted octanol–water partition coefficient (Wildman–Crippen LogP) is 4.87. The van der Waals surface area contributed by atoms with Crippen molar-refractivity contribution in [2.24, 2.45) is 0 Å². The van der Waals surface area contributed by atoms with Crippen LogP contribution in [0.1, 0.15) is 38.6 Å². The fourth-order valence-electron chi connectivity index (χ4n) is 3.73. The number of hydrogen-bond donors (Lipinski definition) is 1. The van der Waals surface area contributed by atoms with Gasteiger partial charge in [0.2, 0.25) is 0 Å². The van der Waals surface area contributed by atoms with Gasteiger partial charge in [-0.2, -0.15) is 0 Å². The number of hydrogen-bond acceptors (Lipinski definition) is 5. The van der Waals surface area contributed by atoms with Crippen LogP contribution in [-0.4, -0.2) is 20.4 Å². The molecule has 0 spiro atoms. The fourth-order valence-corrected chi connectivity index (χ4v) is 5.82. The van der Waals surface area contributed by atoms with Crippen LogP contribution in [0.4, 0.5) is 0 Å². The van der Waals surface area contributed by atoms with Gasteiger partial charge in [0.05, 0.1) is 17.8 Å². The zero-order valence-electron chi connectivity index (χ0n) is 15.8. The highest BCUT2D eigenvalue weighted by Crippen LogP contribution is 2.37. The molecule has 4 heterocycles. The van der Waals surface area contributed by atoms with Crippen molar-refractivity contribution >= 4 is 28.6 Å². The van der Waals surface area contributed by atoms with E-state index in [0.717, 1.165) is 46.1 Å². The third kappa shape index (κ3) is 3.63. The molecule has 5 nitrogen and oxygen atoms in total. The van der Waals surface area contributed by atoms with E-state index in [2.05, 4.69) is 19.9 Å². The summed E-state index contributed by atoms with van der Waals surface area (Å²) >= 11 is 3.32. The van der Waals surface area contributed by atoms with E-state index in [9.17, 15) is 4.79 Å². The first-order chi connectivity index (χ1) is 14.3. The van der Waals surface area contributed by atoms with E-state index in [1.54, 1.807) is 35.1 Å². The Kier molecular flexibility index (Phi) is 4.99. The lowest BCUT2D eigenvalue weighted by atomic mass is 9.95. The molecule has 0 aliphatic heterocycles. The van der Waals surface area contributed by atoms with Crippen molar-refractivity contribution in [2.45, 2.75) is 32.2 Å². The maximum absolute atomic E-state index is 13.2. The number of carbonyl (C=O) groups is 1. The van der Waals surface area contributed by atoms with E-state index >= 15 is 0 Å². The van der Waals surface area contributed by atoms with Crippen molar-refractivity contribution in [1.82, 2.24) is 19.9 Å². The lowest BCUT2D eigenvalue weighted by molar-refractivity contribution is 0.0950. The number of thiazole rings is 1. The van der Waals surface area contributed by atoms with Gasteiger partial charge in [0.1, 0.15) is 10.0 Å². The number of aromatic nitrogens is 3. The summed E-state index contributed by atoms with van der Waals surface area (Å²) in [6.07, 6.45) is 12.0. The van der Waals surface area contributed by atoms with Crippen LogP contribution in [0.5, 0.6) is 0 Å². The third-order valence-corrected chi connectivity index (χ3v) is 7.30. The highest BCUT2D eigenvalue weighted by molar-refractivity contribution is 7.15. The molecule has 1 aliphatic rings. The van der Waals surface area contributed by atoms with Crippen LogP contribution < -0.4 is 5.32 Å². The molecule has 1 amide bonds. The van der Waals surface area contributed by atoms with Crippen LogP contribution in [0, 0.1) is 0 Å². The average molecular weight is 421 g/mol. The van der Waals surface area contributed by atoms with E-state index in [4.69, 9.17) is 0 Å². The second-order valence-corrected chi connectivity index (χ2v) is 9.05. The fraction of sp³-hybridized carbons (Fsp3) is 0.227. The third-order valence-electron chi connectivity index (χ3n) is 5.15. The Balaban J connectivity index is 1.38. The SMILES string of the molecule is O=C(NCc1nc(-c2ccncc2)cs1)c1c(-n2cccc2)sc2c1CCCC2. The topological polar surface area (TPSA) is 59.8 Å². The molecule has 7 heteroatoms. The van der Waals surface area contributed by atoms with Crippen LogP contribution in [0.15, 0.2) is 54.4 Å². The maximum Gasteiger partial charge on any atom is 0.254 e. The van der Waals surface area contributed by atoms with Gasteiger partial charge in [0, 0.05) is 40.6 Å². The molecular formula is C22H20N4OS2. The lowest BCUT2D eigenvalue weighted by Crippen LogP contribution is -2.25. The van der Waals surface area contributed by atoms with Gasteiger partial charge >= 0.3 is 0 Å². The summed E-state index contributed by atoms with van der Waals surface area (Å²) in [7, 11) is 0. The van der Waals surface area contributed by atoms with E-state index in [1.165, 1.54) is 16.9 Å². The molecule has 0 atom stereocenters. The Morgan fingerprint density at radius 1 is 1.14 bits per heavy atom. The molecule has 0 bridgehead atoms. The number of carbonyl (C=O) groups excluding carboxylic acids is 1. The number of nitrogens with one attached hydrogen (secondary N) is 1. The average Bonchev–Trinajstić information content (AvgIpc) is 3.52. The number of aryl methyl sites for hydroxylation is 1. The first-order valence-electron chi connectivity index (χ1n) is 9.70. The number of fused-ring (bicyclic) bond motifs is 1. The Labute approximate surface area is 177 Å². The maximum atomic E-state index is 13.2. The summed E-state index contributed by atoms with van der Waals surface area (Å²) in [5.41, 5.74) is 4.03. The summed E-state index contributed by atoms with van der Waals surface area (Å²) in [5, 5.41) is 7.05. The Morgan fingerprint density at radius 2 is 1.93 bits per heavy atom. The molecule has 0 unspecified atom stereocenters. The van der Waals surface area contributed by atoms with Gasteiger partial charge in [-0.1, -0.05) is 0 Å². The van der Waals surface area contributed by atoms with Crippen LogP contribution >= 0.6 is 22.7 Å². The van der Waals surface area contributed by atoms with Gasteiger partial charge in [-0.05, 0) is 55.5 Å². The van der Waals surface area contributed by atoms with Crippen molar-refractivity contribution in [1.29, 1.82) is 0 Å². The molecule has 0 saturated heterocycles. The largest absolute Gasteiger partial charge is 0.345 e. The summed E-state index contributed by atoms with van der Waals surface area (Å²) in [5.74, 6) is -0.00578. The van der Waals surface area contributed by atoms with Gasteiger partial charge in [0.25, 0.3) is 5.91 Å².